The Balaban J connectivity index is 2.93. The standard InChI is InChI=1S/C9H12ClFN4/c1-13-15(2)9(12)14-6-3-4-7(10)8(11)5-6/h3-5,13H,1-2H3,(H2,12,14). The smallest absolute Gasteiger partial charge is 0.210 e. The summed E-state index contributed by atoms with van der Waals surface area (Å²) in [5.41, 5.74) is 8.79. The third-order valence-corrected chi connectivity index (χ3v) is 2.13. The summed E-state index contributed by atoms with van der Waals surface area (Å²) in [6, 6.07) is 4.24. The summed E-state index contributed by atoms with van der Waals surface area (Å²) >= 11 is 5.53. The molecule has 1 aromatic carbocycles. The van der Waals surface area contributed by atoms with Gasteiger partial charge in [0.15, 0.2) is 0 Å². The molecule has 1 rings (SSSR count). The predicted octanol–water partition coefficient (Wildman–Crippen LogP) is 1.49. The van der Waals surface area contributed by atoms with Gasteiger partial charge in [-0.05, 0) is 12.1 Å². The molecular weight excluding hydrogens is 219 g/mol. The Morgan fingerprint density at radius 3 is 2.80 bits per heavy atom. The van der Waals surface area contributed by atoms with Gasteiger partial charge in [-0.2, -0.15) is 0 Å². The summed E-state index contributed by atoms with van der Waals surface area (Å²) in [5.74, 6) is -0.281. The van der Waals surface area contributed by atoms with E-state index in [9.17, 15) is 4.39 Å². The fourth-order valence-electron chi connectivity index (χ4n) is 0.876. The van der Waals surface area contributed by atoms with Crippen molar-refractivity contribution in [2.75, 3.05) is 14.1 Å². The van der Waals surface area contributed by atoms with Crippen molar-refractivity contribution in [2.24, 2.45) is 10.7 Å². The summed E-state index contributed by atoms with van der Waals surface area (Å²) in [6.07, 6.45) is 0. The molecule has 1 aromatic rings. The van der Waals surface area contributed by atoms with Crippen molar-refractivity contribution in [1.82, 2.24) is 10.4 Å². The Morgan fingerprint density at radius 2 is 2.27 bits per heavy atom. The van der Waals surface area contributed by atoms with Gasteiger partial charge in [-0.15, -0.1) is 0 Å². The Kier molecular flexibility index (Phi) is 3.88. The molecular formula is C9H12ClFN4. The van der Waals surface area contributed by atoms with Crippen LogP contribution in [-0.2, 0) is 0 Å². The first-order valence-electron chi connectivity index (χ1n) is 4.25. The van der Waals surface area contributed by atoms with Crippen molar-refractivity contribution in [3.8, 4) is 0 Å². The second-order valence-electron chi connectivity index (χ2n) is 2.85. The molecule has 0 radical (unpaired) electrons. The highest BCUT2D eigenvalue weighted by Crippen LogP contribution is 2.20. The topological polar surface area (TPSA) is 53.6 Å². The minimum atomic E-state index is -0.516. The lowest BCUT2D eigenvalue weighted by molar-refractivity contribution is 0.405. The van der Waals surface area contributed by atoms with Gasteiger partial charge in [-0.25, -0.2) is 14.8 Å². The third kappa shape index (κ3) is 3.07. The van der Waals surface area contributed by atoms with Crippen molar-refractivity contribution in [3.05, 3.63) is 29.0 Å². The Bertz CT molecular complexity index is 380. The van der Waals surface area contributed by atoms with E-state index in [1.54, 1.807) is 20.2 Å². The molecule has 0 unspecified atom stereocenters. The third-order valence-electron chi connectivity index (χ3n) is 1.83. The van der Waals surface area contributed by atoms with Gasteiger partial charge < -0.3 is 5.73 Å². The molecule has 0 spiro atoms. The number of rotatable bonds is 2. The van der Waals surface area contributed by atoms with Gasteiger partial charge in [-0.3, -0.25) is 5.01 Å². The molecule has 0 aliphatic heterocycles. The molecule has 4 nitrogen and oxygen atoms in total. The number of aliphatic imine (C=N–C) groups is 1. The van der Waals surface area contributed by atoms with Crippen LogP contribution in [0.15, 0.2) is 23.2 Å². The van der Waals surface area contributed by atoms with Gasteiger partial charge in [0.2, 0.25) is 5.96 Å². The summed E-state index contributed by atoms with van der Waals surface area (Å²) < 4.78 is 13.0. The molecule has 0 saturated carbocycles. The number of nitrogens with two attached hydrogens (primary N) is 1. The second kappa shape index (κ2) is 4.95. The van der Waals surface area contributed by atoms with Gasteiger partial charge in [0, 0.05) is 20.2 Å². The second-order valence-corrected chi connectivity index (χ2v) is 3.26. The molecule has 0 amide bonds. The van der Waals surface area contributed by atoms with E-state index in [1.165, 1.54) is 17.1 Å². The van der Waals surface area contributed by atoms with Crippen LogP contribution in [0.2, 0.25) is 5.02 Å². The minimum absolute atomic E-state index is 0.0643. The maximum atomic E-state index is 13.0. The molecule has 0 aliphatic rings. The molecule has 0 bridgehead atoms. The zero-order chi connectivity index (χ0) is 11.4. The lowest BCUT2D eigenvalue weighted by atomic mass is 10.3. The van der Waals surface area contributed by atoms with Crippen molar-refractivity contribution in [2.45, 2.75) is 0 Å². The quantitative estimate of drug-likeness (QED) is 0.460. The van der Waals surface area contributed by atoms with Gasteiger partial charge in [-0.1, -0.05) is 11.6 Å². The molecule has 0 fully saturated rings. The molecule has 15 heavy (non-hydrogen) atoms. The van der Waals surface area contributed by atoms with E-state index in [-0.39, 0.29) is 11.0 Å². The summed E-state index contributed by atoms with van der Waals surface area (Å²) in [5, 5.41) is 1.57. The van der Waals surface area contributed by atoms with Gasteiger partial charge in [0.05, 0.1) is 10.7 Å². The van der Waals surface area contributed by atoms with Gasteiger partial charge in [0.1, 0.15) is 5.82 Å². The fourth-order valence-corrected chi connectivity index (χ4v) is 0.994. The van der Waals surface area contributed by atoms with Crippen LogP contribution >= 0.6 is 11.6 Å². The SMILES string of the molecule is CNN(C)C(N)=Nc1ccc(Cl)c(F)c1. The van der Waals surface area contributed by atoms with E-state index in [0.29, 0.717) is 5.69 Å². The van der Waals surface area contributed by atoms with E-state index in [0.717, 1.165) is 0 Å². The highest BCUT2D eigenvalue weighted by molar-refractivity contribution is 6.30. The molecule has 6 heteroatoms. The number of hydrogen-bond acceptors (Lipinski definition) is 2. The number of hydrazine groups is 1. The number of nitrogens with zero attached hydrogens (tertiary/aromatic N) is 2. The predicted molar refractivity (Wildman–Crippen MR) is 59.5 cm³/mol. The number of hydrogen-bond donors (Lipinski definition) is 2. The molecule has 0 aliphatic carbocycles. The molecule has 0 saturated heterocycles. The van der Waals surface area contributed by atoms with Crippen LogP contribution in [0, 0.1) is 5.82 Å². The maximum absolute atomic E-state index is 13.0. The maximum Gasteiger partial charge on any atom is 0.210 e. The Labute approximate surface area is 92.5 Å². The zero-order valence-electron chi connectivity index (χ0n) is 8.46. The molecule has 0 aromatic heterocycles. The van der Waals surface area contributed by atoms with E-state index < -0.39 is 5.82 Å². The van der Waals surface area contributed by atoms with Crippen LogP contribution < -0.4 is 11.2 Å². The minimum Gasteiger partial charge on any atom is -0.368 e. The monoisotopic (exact) mass is 230 g/mol. The zero-order valence-corrected chi connectivity index (χ0v) is 9.22. The normalized spacial score (nSPS) is 11.6. The molecule has 3 N–H and O–H groups in total. The largest absolute Gasteiger partial charge is 0.368 e. The first-order valence-corrected chi connectivity index (χ1v) is 4.62. The van der Waals surface area contributed by atoms with Crippen LogP contribution in [0.4, 0.5) is 10.1 Å². The molecule has 0 heterocycles. The highest BCUT2D eigenvalue weighted by atomic mass is 35.5. The van der Waals surface area contributed by atoms with Crippen molar-refractivity contribution < 1.29 is 4.39 Å². The lowest BCUT2D eigenvalue weighted by Crippen LogP contribution is -2.41. The number of nitrogens with one attached hydrogen (secondary N) is 1. The molecule has 82 valence electrons. The average molecular weight is 231 g/mol. The van der Waals surface area contributed by atoms with E-state index >= 15 is 0 Å². The fraction of sp³-hybridized carbons (Fsp3) is 0.222. The van der Waals surface area contributed by atoms with Crippen LogP contribution in [-0.4, -0.2) is 25.1 Å². The first kappa shape index (κ1) is 11.7. The number of halogens is 2. The van der Waals surface area contributed by atoms with Crippen molar-refractivity contribution >= 4 is 23.2 Å². The van der Waals surface area contributed by atoms with Crippen LogP contribution in [0.25, 0.3) is 0 Å². The van der Waals surface area contributed by atoms with Crippen LogP contribution in [0.3, 0.4) is 0 Å². The van der Waals surface area contributed by atoms with Crippen molar-refractivity contribution in [3.63, 3.8) is 0 Å². The van der Waals surface area contributed by atoms with E-state index in [2.05, 4.69) is 10.4 Å². The average Bonchev–Trinajstić information content (AvgIpc) is 2.22. The summed E-state index contributed by atoms with van der Waals surface area (Å²) in [7, 11) is 3.40. The number of benzene rings is 1. The van der Waals surface area contributed by atoms with Gasteiger partial charge >= 0.3 is 0 Å². The van der Waals surface area contributed by atoms with E-state index in [4.69, 9.17) is 17.3 Å². The summed E-state index contributed by atoms with van der Waals surface area (Å²) in [6.45, 7) is 0. The highest BCUT2D eigenvalue weighted by Gasteiger charge is 2.02. The van der Waals surface area contributed by atoms with E-state index in [1.807, 2.05) is 0 Å². The van der Waals surface area contributed by atoms with Crippen molar-refractivity contribution in [1.29, 1.82) is 0 Å². The Morgan fingerprint density at radius 1 is 1.60 bits per heavy atom. The lowest BCUT2D eigenvalue weighted by Gasteiger charge is -2.15. The summed E-state index contributed by atoms with van der Waals surface area (Å²) in [4.78, 5) is 3.99. The van der Waals surface area contributed by atoms with Crippen LogP contribution in [0.1, 0.15) is 0 Å². The number of guanidine groups is 1. The van der Waals surface area contributed by atoms with Gasteiger partial charge in [0.25, 0.3) is 0 Å². The Hall–Kier alpha value is -1.33. The first-order chi connectivity index (χ1) is 7.04. The molecule has 0 atom stereocenters. The van der Waals surface area contributed by atoms with Crippen LogP contribution in [0.5, 0.6) is 0 Å².